The highest BCUT2D eigenvalue weighted by atomic mass is 35.5. The van der Waals surface area contributed by atoms with E-state index in [0.29, 0.717) is 34.3 Å². The highest BCUT2D eigenvalue weighted by molar-refractivity contribution is 7.90. The summed E-state index contributed by atoms with van der Waals surface area (Å²) in [4.78, 5) is 19.3. The van der Waals surface area contributed by atoms with E-state index in [1.54, 1.807) is 21.6 Å². The zero-order valence-electron chi connectivity index (χ0n) is 19.7. The predicted octanol–water partition coefficient (Wildman–Crippen LogP) is 5.00. The van der Waals surface area contributed by atoms with Crippen molar-refractivity contribution in [2.45, 2.75) is 36.8 Å². The van der Waals surface area contributed by atoms with Crippen LogP contribution in [0.2, 0.25) is 10.0 Å². The van der Waals surface area contributed by atoms with Crippen LogP contribution in [0.3, 0.4) is 0 Å². The molecule has 11 heteroatoms. The van der Waals surface area contributed by atoms with E-state index < -0.39 is 15.7 Å². The Bertz CT molecular complexity index is 1340. The average molecular weight is 554 g/mol. The molecule has 1 fully saturated rings. The van der Waals surface area contributed by atoms with Crippen LogP contribution in [0.25, 0.3) is 0 Å². The summed E-state index contributed by atoms with van der Waals surface area (Å²) in [6.07, 6.45) is 3.53. The first-order valence-electron chi connectivity index (χ1n) is 11.4. The largest absolute Gasteiger partial charge is 0.383 e. The summed E-state index contributed by atoms with van der Waals surface area (Å²) in [5.74, 6) is -0.654. The predicted molar refractivity (Wildman–Crippen MR) is 135 cm³/mol. The van der Waals surface area contributed by atoms with Gasteiger partial charge in [0.15, 0.2) is 0 Å². The summed E-state index contributed by atoms with van der Waals surface area (Å²) >= 11 is 12.3. The number of rotatable bonds is 11. The Morgan fingerprint density at radius 2 is 1.92 bits per heavy atom. The average Bonchev–Trinajstić information content (AvgIpc) is 3.55. The van der Waals surface area contributed by atoms with Crippen molar-refractivity contribution in [3.63, 3.8) is 0 Å². The van der Waals surface area contributed by atoms with Crippen molar-refractivity contribution in [3.05, 3.63) is 81.3 Å². The minimum Gasteiger partial charge on any atom is -0.383 e. The molecule has 1 amide bonds. The molecular weight excluding hydrogens is 528 g/mol. The number of ether oxygens (including phenoxy) is 1. The van der Waals surface area contributed by atoms with Crippen molar-refractivity contribution in [2.24, 2.45) is 5.92 Å². The van der Waals surface area contributed by atoms with E-state index in [2.05, 4.69) is 4.98 Å². The molecule has 1 aliphatic rings. The molecule has 1 saturated carbocycles. The molecule has 0 saturated heterocycles. The molecule has 3 aromatic rings. The molecule has 0 N–H and O–H groups in total. The van der Waals surface area contributed by atoms with E-state index in [0.717, 1.165) is 12.8 Å². The van der Waals surface area contributed by atoms with E-state index in [-0.39, 0.29) is 41.5 Å². The molecule has 192 valence electrons. The number of imidazole rings is 1. The van der Waals surface area contributed by atoms with E-state index in [4.69, 9.17) is 27.9 Å². The van der Waals surface area contributed by atoms with E-state index in [9.17, 15) is 17.6 Å². The van der Waals surface area contributed by atoms with E-state index in [1.807, 2.05) is 0 Å². The number of halogens is 3. The lowest BCUT2D eigenvalue weighted by molar-refractivity contribution is 0.0729. The number of hydrogen-bond acceptors (Lipinski definition) is 5. The third kappa shape index (κ3) is 6.45. The zero-order chi connectivity index (χ0) is 25.9. The second-order valence-corrected chi connectivity index (χ2v) is 11.5. The topological polar surface area (TPSA) is 81.5 Å². The standard InChI is InChI=1S/C25H26Cl2FN3O4S/c1-35-11-10-31-21(13-29-25(31)36(33,34)16-18-4-7-20(28)8-5-18)15-30(14-17-2-3-17)24(32)22-9-6-19(26)12-23(22)27/h4-9,12-13,17H,2-3,10-11,14-16H2,1H3. The highest BCUT2D eigenvalue weighted by Gasteiger charge is 2.30. The van der Waals surface area contributed by atoms with Gasteiger partial charge in [-0.25, -0.2) is 17.8 Å². The van der Waals surface area contributed by atoms with Crippen LogP contribution in [0, 0.1) is 11.7 Å². The van der Waals surface area contributed by atoms with Crippen LogP contribution < -0.4 is 0 Å². The summed E-state index contributed by atoms with van der Waals surface area (Å²) in [5.41, 5.74) is 1.33. The monoisotopic (exact) mass is 553 g/mol. The zero-order valence-corrected chi connectivity index (χ0v) is 22.0. The van der Waals surface area contributed by atoms with Crippen LogP contribution in [0.5, 0.6) is 0 Å². The van der Waals surface area contributed by atoms with Gasteiger partial charge in [0.25, 0.3) is 5.91 Å². The smallest absolute Gasteiger partial charge is 0.255 e. The number of carbonyl (C=O) groups is 1. The molecule has 0 bridgehead atoms. The van der Waals surface area contributed by atoms with Crippen LogP contribution in [0.1, 0.15) is 34.5 Å². The number of hydrogen-bond donors (Lipinski definition) is 0. The van der Waals surface area contributed by atoms with Gasteiger partial charge in [-0.15, -0.1) is 0 Å². The molecule has 4 rings (SSSR count). The lowest BCUT2D eigenvalue weighted by atomic mass is 10.2. The molecule has 7 nitrogen and oxygen atoms in total. The molecule has 2 aromatic carbocycles. The number of amides is 1. The maximum atomic E-state index is 13.4. The molecule has 1 aromatic heterocycles. The number of nitrogens with zero attached hydrogens (tertiary/aromatic N) is 3. The fourth-order valence-electron chi connectivity index (χ4n) is 3.91. The number of methoxy groups -OCH3 is 1. The Kier molecular flexibility index (Phi) is 8.34. The Morgan fingerprint density at radius 1 is 1.19 bits per heavy atom. The molecule has 1 heterocycles. The van der Waals surface area contributed by atoms with Gasteiger partial charge in [-0.2, -0.15) is 0 Å². The Labute approximate surface area is 219 Å². The van der Waals surface area contributed by atoms with Crippen molar-refractivity contribution in [1.29, 1.82) is 0 Å². The normalized spacial score (nSPS) is 13.7. The first kappa shape index (κ1) is 26.6. The van der Waals surface area contributed by atoms with Crippen LogP contribution in [0.4, 0.5) is 4.39 Å². The highest BCUT2D eigenvalue weighted by Crippen LogP contribution is 2.32. The maximum Gasteiger partial charge on any atom is 0.255 e. The van der Waals surface area contributed by atoms with Gasteiger partial charge >= 0.3 is 0 Å². The fraction of sp³-hybridized carbons (Fsp3) is 0.360. The van der Waals surface area contributed by atoms with Crippen molar-refractivity contribution in [2.75, 3.05) is 20.3 Å². The minimum atomic E-state index is -3.86. The number of benzene rings is 2. The number of carbonyl (C=O) groups excluding carboxylic acids is 1. The van der Waals surface area contributed by atoms with Crippen molar-refractivity contribution < 1.29 is 22.3 Å². The van der Waals surface area contributed by atoms with Gasteiger partial charge in [0.1, 0.15) is 5.82 Å². The molecule has 0 aliphatic heterocycles. The van der Waals surface area contributed by atoms with Crippen molar-refractivity contribution in [1.82, 2.24) is 14.5 Å². The second-order valence-electron chi connectivity index (χ2n) is 8.82. The summed E-state index contributed by atoms with van der Waals surface area (Å²) in [6.45, 7) is 1.15. The van der Waals surface area contributed by atoms with Gasteiger partial charge in [0.2, 0.25) is 15.0 Å². The molecule has 0 spiro atoms. The van der Waals surface area contributed by atoms with Gasteiger partial charge in [-0.1, -0.05) is 35.3 Å². The van der Waals surface area contributed by atoms with Gasteiger partial charge in [0, 0.05) is 25.2 Å². The van der Waals surface area contributed by atoms with Gasteiger partial charge in [-0.3, -0.25) is 4.79 Å². The lowest BCUT2D eigenvalue weighted by Gasteiger charge is -2.24. The first-order valence-corrected chi connectivity index (χ1v) is 13.8. The van der Waals surface area contributed by atoms with Gasteiger partial charge in [-0.05, 0) is 54.7 Å². The molecular formula is C25H26Cl2FN3O4S. The van der Waals surface area contributed by atoms with Gasteiger partial charge in [0.05, 0.1) is 41.4 Å². The Balaban J connectivity index is 1.64. The van der Waals surface area contributed by atoms with Crippen LogP contribution in [-0.4, -0.2) is 49.0 Å². The summed E-state index contributed by atoms with van der Waals surface area (Å²) in [7, 11) is -2.34. The Morgan fingerprint density at radius 3 is 2.56 bits per heavy atom. The number of aromatic nitrogens is 2. The molecule has 1 aliphatic carbocycles. The first-order chi connectivity index (χ1) is 17.2. The third-order valence-corrected chi connectivity index (χ3v) is 8.09. The molecule has 36 heavy (non-hydrogen) atoms. The van der Waals surface area contributed by atoms with Crippen molar-refractivity contribution >= 4 is 38.9 Å². The SMILES string of the molecule is COCCn1c(CN(CC2CC2)C(=O)c2ccc(Cl)cc2Cl)cnc1S(=O)(=O)Cc1ccc(F)cc1. The third-order valence-electron chi connectivity index (χ3n) is 5.95. The summed E-state index contributed by atoms with van der Waals surface area (Å²) in [6, 6.07) is 10.0. The van der Waals surface area contributed by atoms with Crippen LogP contribution in [-0.2, 0) is 33.4 Å². The Hall–Kier alpha value is -2.46. The number of sulfone groups is 1. The fourth-order valence-corrected chi connectivity index (χ4v) is 5.92. The molecule has 0 unspecified atom stereocenters. The second kappa shape index (κ2) is 11.3. The quantitative estimate of drug-likeness (QED) is 0.333. The van der Waals surface area contributed by atoms with Crippen LogP contribution >= 0.6 is 23.2 Å². The van der Waals surface area contributed by atoms with E-state index >= 15 is 0 Å². The van der Waals surface area contributed by atoms with Crippen LogP contribution in [0.15, 0.2) is 53.8 Å². The molecule has 0 atom stereocenters. The van der Waals surface area contributed by atoms with Gasteiger partial charge < -0.3 is 14.2 Å². The minimum absolute atomic E-state index is 0.123. The lowest BCUT2D eigenvalue weighted by Crippen LogP contribution is -2.33. The summed E-state index contributed by atoms with van der Waals surface area (Å²) < 4.78 is 46.6. The summed E-state index contributed by atoms with van der Waals surface area (Å²) in [5, 5.41) is 0.560. The maximum absolute atomic E-state index is 13.4. The molecule has 0 radical (unpaired) electrons. The van der Waals surface area contributed by atoms with E-state index in [1.165, 1.54) is 43.6 Å². The van der Waals surface area contributed by atoms with Crippen molar-refractivity contribution in [3.8, 4) is 0 Å².